The molecule has 0 fully saturated rings. The Kier molecular flexibility index (Phi) is 16.3. The highest BCUT2D eigenvalue weighted by Crippen LogP contribution is 2.28. The molecule has 0 atom stereocenters. The number of ketones is 1. The van der Waals surface area contributed by atoms with Crippen LogP contribution < -0.4 is 0 Å². The van der Waals surface area contributed by atoms with Gasteiger partial charge in [0.1, 0.15) is 0 Å². The van der Waals surface area contributed by atoms with Crippen molar-refractivity contribution in [1.29, 1.82) is 0 Å². The average Bonchev–Trinajstić information content (AvgIpc) is 3.21. The van der Waals surface area contributed by atoms with Gasteiger partial charge in [-0.05, 0) is 113 Å². The molecule has 2 heterocycles. The van der Waals surface area contributed by atoms with Crippen molar-refractivity contribution in [3.05, 3.63) is 142 Å². The largest absolute Gasteiger partial charge is 0.512 e. The van der Waals surface area contributed by atoms with Gasteiger partial charge in [0.15, 0.2) is 5.78 Å². The molecule has 6 rings (SSSR count). The number of hydrogen-bond acceptors (Lipinski definition) is 8. The van der Waals surface area contributed by atoms with Crippen LogP contribution >= 0.6 is 0 Å². The number of fused-ring (bicyclic) bond motifs is 2. The molecule has 0 aliphatic carbocycles. The zero-order valence-electron chi connectivity index (χ0n) is 35.1. The molecule has 308 valence electrons. The van der Waals surface area contributed by atoms with Crippen LogP contribution in [0.1, 0.15) is 59.1 Å². The molecule has 8 heteroatoms. The van der Waals surface area contributed by atoms with E-state index in [0.717, 1.165) is 57.2 Å². The SMILES string of the molecule is Cc1cc(C)cc(-c2cc(CCOCCOCCCC(=O)C=C(O)CCCOCCOCCc3cc(-c4cc(C)cc(C)c4)nc4ccccc34)c3ccccc3n2)c1. The van der Waals surface area contributed by atoms with Gasteiger partial charge in [-0.1, -0.05) is 70.8 Å². The fourth-order valence-electron chi connectivity index (χ4n) is 7.49. The number of aliphatic hydroxyl groups excluding tert-OH is 1. The second-order valence-corrected chi connectivity index (χ2v) is 15.4. The zero-order valence-corrected chi connectivity index (χ0v) is 35.1. The smallest absolute Gasteiger partial charge is 0.159 e. The first-order chi connectivity index (χ1) is 28.7. The lowest BCUT2D eigenvalue weighted by Gasteiger charge is -2.12. The van der Waals surface area contributed by atoms with E-state index >= 15 is 0 Å². The summed E-state index contributed by atoms with van der Waals surface area (Å²) >= 11 is 0. The summed E-state index contributed by atoms with van der Waals surface area (Å²) in [6, 6.07) is 33.9. The van der Waals surface area contributed by atoms with Crippen molar-refractivity contribution in [1.82, 2.24) is 9.97 Å². The molecule has 0 aliphatic heterocycles. The van der Waals surface area contributed by atoms with E-state index in [4.69, 9.17) is 28.9 Å². The first-order valence-corrected chi connectivity index (χ1v) is 20.9. The van der Waals surface area contributed by atoms with Gasteiger partial charge in [0.2, 0.25) is 0 Å². The number of carbonyl (C=O) groups excluding carboxylic acids is 1. The molecule has 0 aliphatic rings. The maximum atomic E-state index is 12.4. The molecule has 4 aromatic carbocycles. The van der Waals surface area contributed by atoms with E-state index in [9.17, 15) is 9.90 Å². The first-order valence-electron chi connectivity index (χ1n) is 20.9. The normalized spacial score (nSPS) is 11.8. The first kappa shape index (κ1) is 43.3. The van der Waals surface area contributed by atoms with Crippen LogP contribution in [0.15, 0.2) is 109 Å². The number of aromatic nitrogens is 2. The van der Waals surface area contributed by atoms with Gasteiger partial charge < -0.3 is 24.1 Å². The minimum atomic E-state index is -0.107. The molecule has 0 unspecified atom stereocenters. The van der Waals surface area contributed by atoms with Crippen molar-refractivity contribution in [2.75, 3.05) is 52.9 Å². The molecule has 0 bridgehead atoms. The minimum Gasteiger partial charge on any atom is -0.512 e. The second-order valence-electron chi connectivity index (χ2n) is 15.4. The quantitative estimate of drug-likeness (QED) is 0.0389. The Morgan fingerprint density at radius 1 is 0.525 bits per heavy atom. The van der Waals surface area contributed by atoms with Gasteiger partial charge in [-0.25, -0.2) is 9.97 Å². The monoisotopic (exact) mass is 794 g/mol. The van der Waals surface area contributed by atoms with Crippen LogP contribution in [0.4, 0.5) is 0 Å². The van der Waals surface area contributed by atoms with Crippen LogP contribution in [-0.4, -0.2) is 73.7 Å². The van der Waals surface area contributed by atoms with E-state index < -0.39 is 0 Å². The maximum Gasteiger partial charge on any atom is 0.159 e. The predicted molar refractivity (Wildman–Crippen MR) is 238 cm³/mol. The summed E-state index contributed by atoms with van der Waals surface area (Å²) < 4.78 is 23.2. The number of carbonyl (C=O) groups is 1. The topological polar surface area (TPSA) is 100 Å². The number of aryl methyl sites for hydroxylation is 4. The summed E-state index contributed by atoms with van der Waals surface area (Å²) in [6.45, 7) is 12.4. The van der Waals surface area contributed by atoms with Gasteiger partial charge in [-0.15, -0.1) is 0 Å². The lowest BCUT2D eigenvalue weighted by Crippen LogP contribution is -2.09. The Morgan fingerprint density at radius 2 is 0.932 bits per heavy atom. The number of para-hydroxylation sites is 2. The number of benzene rings is 4. The van der Waals surface area contributed by atoms with E-state index in [0.29, 0.717) is 78.5 Å². The molecule has 0 amide bonds. The van der Waals surface area contributed by atoms with E-state index in [1.165, 1.54) is 39.5 Å². The molecule has 2 aromatic heterocycles. The van der Waals surface area contributed by atoms with Crippen LogP contribution in [-0.2, 0) is 36.6 Å². The van der Waals surface area contributed by atoms with Crippen molar-refractivity contribution in [3.63, 3.8) is 0 Å². The number of rotatable bonds is 23. The highest BCUT2D eigenvalue weighted by atomic mass is 16.5. The third-order valence-corrected chi connectivity index (χ3v) is 10.2. The number of nitrogens with zero attached hydrogens (tertiary/aromatic N) is 2. The number of ether oxygens (including phenoxy) is 4. The summed E-state index contributed by atoms with van der Waals surface area (Å²) in [5, 5.41) is 12.5. The number of allylic oxidation sites excluding steroid dienone is 2. The van der Waals surface area contributed by atoms with Crippen LogP contribution in [0, 0.1) is 27.7 Å². The molecule has 0 spiro atoms. The lowest BCUT2D eigenvalue weighted by atomic mass is 10.00. The zero-order chi connectivity index (χ0) is 41.4. The van der Waals surface area contributed by atoms with Gasteiger partial charge in [-0.3, -0.25) is 4.79 Å². The molecular weight excluding hydrogens is 737 g/mol. The van der Waals surface area contributed by atoms with E-state index in [-0.39, 0.29) is 11.5 Å². The minimum absolute atomic E-state index is 0.0806. The summed E-state index contributed by atoms with van der Waals surface area (Å²) in [7, 11) is 0. The highest BCUT2D eigenvalue weighted by Gasteiger charge is 2.11. The third-order valence-electron chi connectivity index (χ3n) is 10.2. The molecule has 1 N–H and O–H groups in total. The third kappa shape index (κ3) is 13.4. The standard InChI is InChI=1S/C51H58N2O6/c1-36-27-37(2)30-42(29-36)50-33-40(46-13-5-7-15-48(46)52-50)17-21-58-25-23-56-19-9-11-44(54)35-45(55)12-10-20-57-24-26-59-22-18-41-34-51(43-31-38(3)28-39(4)32-43)53-49-16-8-6-14-47(41)49/h5-8,13-16,27-35,54H,9-12,17-26H2,1-4H3. The number of pyridine rings is 2. The molecule has 59 heavy (non-hydrogen) atoms. The van der Waals surface area contributed by atoms with Gasteiger partial charge in [-0.2, -0.15) is 0 Å². The Morgan fingerprint density at radius 3 is 1.39 bits per heavy atom. The van der Waals surface area contributed by atoms with Gasteiger partial charge in [0, 0.05) is 54.0 Å². The maximum absolute atomic E-state index is 12.4. The lowest BCUT2D eigenvalue weighted by molar-refractivity contribution is -0.115. The highest BCUT2D eigenvalue weighted by molar-refractivity contribution is 5.90. The van der Waals surface area contributed by atoms with Crippen molar-refractivity contribution < 1.29 is 28.8 Å². The number of aliphatic hydroxyl groups is 1. The second kappa shape index (κ2) is 22.2. The fourth-order valence-corrected chi connectivity index (χ4v) is 7.49. The van der Waals surface area contributed by atoms with E-state index in [1.807, 2.05) is 24.3 Å². The molecule has 8 nitrogen and oxygen atoms in total. The molecule has 0 radical (unpaired) electrons. The van der Waals surface area contributed by atoms with Crippen molar-refractivity contribution in [2.45, 2.75) is 66.2 Å². The summed E-state index contributed by atoms with van der Waals surface area (Å²) in [5.74, 6) is -0.0263. The average molecular weight is 795 g/mol. The Hall–Kier alpha value is -5.25. The van der Waals surface area contributed by atoms with Crippen LogP contribution in [0.2, 0.25) is 0 Å². The Balaban J connectivity index is 0.799. The Bertz CT molecular complexity index is 2310. The number of hydrogen-bond donors (Lipinski definition) is 1. The van der Waals surface area contributed by atoms with Crippen molar-refractivity contribution >= 4 is 27.6 Å². The van der Waals surface area contributed by atoms with Crippen molar-refractivity contribution in [3.8, 4) is 22.5 Å². The Labute approximate surface area is 349 Å². The van der Waals surface area contributed by atoms with Crippen LogP contribution in [0.3, 0.4) is 0 Å². The molecule has 6 aromatic rings. The van der Waals surface area contributed by atoms with Gasteiger partial charge >= 0.3 is 0 Å². The predicted octanol–water partition coefficient (Wildman–Crippen LogP) is 10.8. The van der Waals surface area contributed by atoms with Crippen LogP contribution in [0.5, 0.6) is 0 Å². The molecule has 0 saturated carbocycles. The van der Waals surface area contributed by atoms with Gasteiger partial charge in [0.25, 0.3) is 0 Å². The molecule has 0 saturated heterocycles. The van der Waals surface area contributed by atoms with Gasteiger partial charge in [0.05, 0.1) is 67.8 Å². The van der Waals surface area contributed by atoms with Crippen LogP contribution in [0.25, 0.3) is 44.3 Å². The summed E-state index contributed by atoms with van der Waals surface area (Å²) in [5.41, 5.74) is 13.5. The van der Waals surface area contributed by atoms with E-state index in [1.54, 1.807) is 0 Å². The fraction of sp³-hybridized carbons (Fsp3) is 0.353. The van der Waals surface area contributed by atoms with Crippen molar-refractivity contribution in [2.24, 2.45) is 0 Å². The summed E-state index contributed by atoms with van der Waals surface area (Å²) in [4.78, 5) is 22.2. The summed E-state index contributed by atoms with van der Waals surface area (Å²) in [6.07, 6.45) is 4.78. The molecular formula is C51H58N2O6. The van der Waals surface area contributed by atoms with E-state index in [2.05, 4.69) is 100 Å².